The third kappa shape index (κ3) is 4.20. The number of H-pyrrole nitrogens is 1. The number of carbonyl (C=O) groups is 2. The summed E-state index contributed by atoms with van der Waals surface area (Å²) >= 11 is 5.99. The number of carboxylic acid groups (broad SMARTS) is 1. The van der Waals surface area contributed by atoms with Crippen molar-refractivity contribution in [2.75, 3.05) is 6.54 Å². The zero-order valence-electron chi connectivity index (χ0n) is 15.1. The van der Waals surface area contributed by atoms with E-state index in [-0.39, 0.29) is 23.6 Å². The maximum Gasteiger partial charge on any atom is 0.335 e. The van der Waals surface area contributed by atoms with Crippen LogP contribution in [-0.4, -0.2) is 38.4 Å². The number of hydrogen-bond donors (Lipinski definition) is 2. The van der Waals surface area contributed by atoms with Crippen molar-refractivity contribution in [1.29, 1.82) is 0 Å². The van der Waals surface area contributed by atoms with E-state index < -0.39 is 5.97 Å². The lowest BCUT2D eigenvalue weighted by Crippen LogP contribution is -2.32. The number of hydrogen-bond acceptors (Lipinski definition) is 4. The number of aromatic carboxylic acids is 1. The van der Waals surface area contributed by atoms with Crippen molar-refractivity contribution < 1.29 is 14.7 Å². The van der Waals surface area contributed by atoms with Gasteiger partial charge in [-0.05, 0) is 48.9 Å². The van der Waals surface area contributed by atoms with Gasteiger partial charge in [-0.2, -0.15) is 0 Å². The van der Waals surface area contributed by atoms with Crippen molar-refractivity contribution in [3.05, 3.63) is 74.8 Å². The first kappa shape index (κ1) is 19.6. The first-order chi connectivity index (χ1) is 13.4. The molecule has 1 aromatic heterocycles. The Bertz CT molecular complexity index is 1090. The number of nitrogens with one attached hydrogen (secondary N) is 1. The van der Waals surface area contributed by atoms with Crippen LogP contribution in [0.15, 0.2) is 47.3 Å². The highest BCUT2D eigenvalue weighted by Gasteiger charge is 2.18. The average molecular weight is 400 g/mol. The fraction of sp³-hybridized carbons (Fsp3) is 0.200. The molecule has 8 heteroatoms. The van der Waals surface area contributed by atoms with Gasteiger partial charge in [0, 0.05) is 17.1 Å². The van der Waals surface area contributed by atoms with Gasteiger partial charge in [0.05, 0.1) is 23.0 Å². The van der Waals surface area contributed by atoms with E-state index in [1.54, 1.807) is 23.1 Å². The Morgan fingerprint density at radius 3 is 2.46 bits per heavy atom. The largest absolute Gasteiger partial charge is 0.478 e. The summed E-state index contributed by atoms with van der Waals surface area (Å²) in [5.41, 5.74) is 0.632. The average Bonchev–Trinajstić information content (AvgIpc) is 2.67. The predicted octanol–water partition coefficient (Wildman–Crippen LogP) is 3.33. The van der Waals surface area contributed by atoms with Gasteiger partial charge < -0.3 is 15.0 Å². The lowest BCUT2D eigenvalue weighted by molar-refractivity contribution is 0.0693. The SMILES string of the molecule is CCCN(Cc1nc2cc(Cl)ccc2c(=O)[nH]1)C(=O)c1ccc(C(=O)O)cc1. The second-order valence-corrected chi connectivity index (χ2v) is 6.72. The standard InChI is InChI=1S/C20H18ClN3O4/c1-2-9-24(19(26)12-3-5-13(6-4-12)20(27)28)11-17-22-16-10-14(21)7-8-15(16)18(25)23-17/h3-8,10H,2,9,11H2,1H3,(H,27,28)(H,22,23,25). The fourth-order valence-electron chi connectivity index (χ4n) is 2.88. The van der Waals surface area contributed by atoms with Gasteiger partial charge in [-0.1, -0.05) is 18.5 Å². The molecule has 0 aliphatic carbocycles. The third-order valence-corrected chi connectivity index (χ3v) is 4.45. The van der Waals surface area contributed by atoms with E-state index in [9.17, 15) is 14.4 Å². The molecule has 0 saturated carbocycles. The van der Waals surface area contributed by atoms with Gasteiger partial charge in [-0.25, -0.2) is 9.78 Å². The Kier molecular flexibility index (Phi) is 5.75. The summed E-state index contributed by atoms with van der Waals surface area (Å²) in [6, 6.07) is 10.6. The normalized spacial score (nSPS) is 10.8. The van der Waals surface area contributed by atoms with Gasteiger partial charge in [-0.15, -0.1) is 0 Å². The second-order valence-electron chi connectivity index (χ2n) is 6.28. The predicted molar refractivity (Wildman–Crippen MR) is 106 cm³/mol. The Morgan fingerprint density at radius 2 is 1.82 bits per heavy atom. The summed E-state index contributed by atoms with van der Waals surface area (Å²) in [5, 5.41) is 9.88. The van der Waals surface area contributed by atoms with E-state index in [0.29, 0.717) is 40.3 Å². The van der Waals surface area contributed by atoms with Gasteiger partial charge >= 0.3 is 5.97 Å². The number of halogens is 1. The molecule has 144 valence electrons. The van der Waals surface area contributed by atoms with Crippen molar-refractivity contribution >= 4 is 34.4 Å². The Hall–Kier alpha value is -3.19. The zero-order valence-corrected chi connectivity index (χ0v) is 15.9. The van der Waals surface area contributed by atoms with Crippen LogP contribution in [0.5, 0.6) is 0 Å². The van der Waals surface area contributed by atoms with Crippen molar-refractivity contribution in [2.24, 2.45) is 0 Å². The molecule has 0 bridgehead atoms. The van der Waals surface area contributed by atoms with E-state index in [1.807, 2.05) is 6.92 Å². The number of aromatic nitrogens is 2. The van der Waals surface area contributed by atoms with Gasteiger partial charge in [-0.3, -0.25) is 9.59 Å². The minimum atomic E-state index is -1.05. The molecule has 1 heterocycles. The van der Waals surface area contributed by atoms with Crippen LogP contribution in [0.4, 0.5) is 0 Å². The zero-order chi connectivity index (χ0) is 20.3. The summed E-state index contributed by atoms with van der Waals surface area (Å²) in [4.78, 5) is 44.8. The molecule has 0 unspecified atom stereocenters. The highest BCUT2D eigenvalue weighted by atomic mass is 35.5. The van der Waals surface area contributed by atoms with E-state index in [4.69, 9.17) is 16.7 Å². The van der Waals surface area contributed by atoms with Gasteiger partial charge in [0.2, 0.25) is 0 Å². The molecule has 0 fully saturated rings. The summed E-state index contributed by atoms with van der Waals surface area (Å²) < 4.78 is 0. The molecule has 3 rings (SSSR count). The lowest BCUT2D eigenvalue weighted by atomic mass is 10.1. The monoisotopic (exact) mass is 399 g/mol. The maximum atomic E-state index is 12.9. The molecular formula is C20H18ClN3O4. The number of carbonyl (C=O) groups excluding carboxylic acids is 1. The summed E-state index contributed by atoms with van der Waals surface area (Å²) in [5.74, 6) is -0.975. The molecule has 0 atom stereocenters. The Labute approximate surface area is 165 Å². The van der Waals surface area contributed by atoms with Crippen LogP contribution < -0.4 is 5.56 Å². The highest BCUT2D eigenvalue weighted by molar-refractivity contribution is 6.31. The number of nitrogens with zero attached hydrogens (tertiary/aromatic N) is 2. The van der Waals surface area contributed by atoms with Crippen LogP contribution >= 0.6 is 11.6 Å². The van der Waals surface area contributed by atoms with Crippen molar-refractivity contribution in [2.45, 2.75) is 19.9 Å². The molecule has 0 aliphatic heterocycles. The molecular weight excluding hydrogens is 382 g/mol. The Balaban J connectivity index is 1.90. The number of amides is 1. The number of benzene rings is 2. The van der Waals surface area contributed by atoms with E-state index in [1.165, 1.54) is 24.3 Å². The topological polar surface area (TPSA) is 103 Å². The van der Waals surface area contributed by atoms with Crippen LogP contribution in [0.3, 0.4) is 0 Å². The molecule has 3 aromatic rings. The minimum Gasteiger partial charge on any atom is -0.478 e. The quantitative estimate of drug-likeness (QED) is 0.661. The summed E-state index contributed by atoms with van der Waals surface area (Å²) in [6.45, 7) is 2.51. The molecule has 0 saturated heterocycles. The molecule has 7 nitrogen and oxygen atoms in total. The van der Waals surface area contributed by atoms with Gasteiger partial charge in [0.1, 0.15) is 5.82 Å². The third-order valence-electron chi connectivity index (χ3n) is 4.22. The second kappa shape index (κ2) is 8.22. The van der Waals surface area contributed by atoms with Crippen LogP contribution in [0.2, 0.25) is 5.02 Å². The number of carboxylic acids is 1. The van der Waals surface area contributed by atoms with Crippen LogP contribution in [-0.2, 0) is 6.54 Å². The summed E-state index contributed by atoms with van der Waals surface area (Å²) in [6.07, 6.45) is 0.711. The summed E-state index contributed by atoms with van der Waals surface area (Å²) in [7, 11) is 0. The minimum absolute atomic E-state index is 0.107. The van der Waals surface area contributed by atoms with E-state index in [2.05, 4.69) is 9.97 Å². The highest BCUT2D eigenvalue weighted by Crippen LogP contribution is 2.16. The van der Waals surface area contributed by atoms with Gasteiger partial charge in [0.25, 0.3) is 11.5 Å². The van der Waals surface area contributed by atoms with Crippen molar-refractivity contribution in [1.82, 2.24) is 14.9 Å². The number of fused-ring (bicyclic) bond motifs is 1. The maximum absolute atomic E-state index is 12.9. The van der Waals surface area contributed by atoms with E-state index >= 15 is 0 Å². The molecule has 2 aromatic carbocycles. The van der Waals surface area contributed by atoms with Crippen LogP contribution in [0, 0.1) is 0 Å². The molecule has 1 amide bonds. The van der Waals surface area contributed by atoms with Crippen LogP contribution in [0.25, 0.3) is 10.9 Å². The number of aromatic amines is 1. The van der Waals surface area contributed by atoms with Crippen LogP contribution in [0.1, 0.15) is 39.9 Å². The lowest BCUT2D eigenvalue weighted by Gasteiger charge is -2.22. The van der Waals surface area contributed by atoms with Crippen molar-refractivity contribution in [3.63, 3.8) is 0 Å². The smallest absolute Gasteiger partial charge is 0.335 e. The first-order valence-corrected chi connectivity index (χ1v) is 9.08. The number of rotatable bonds is 6. The molecule has 0 aliphatic rings. The first-order valence-electron chi connectivity index (χ1n) is 8.70. The fourth-order valence-corrected chi connectivity index (χ4v) is 3.04. The molecule has 28 heavy (non-hydrogen) atoms. The molecule has 2 N–H and O–H groups in total. The molecule has 0 spiro atoms. The van der Waals surface area contributed by atoms with Gasteiger partial charge in [0.15, 0.2) is 0 Å². The molecule has 0 radical (unpaired) electrons. The van der Waals surface area contributed by atoms with Crippen molar-refractivity contribution in [3.8, 4) is 0 Å². The Morgan fingerprint density at radius 1 is 1.14 bits per heavy atom. The van der Waals surface area contributed by atoms with E-state index in [0.717, 1.165) is 0 Å².